The van der Waals surface area contributed by atoms with E-state index in [0.717, 1.165) is 0 Å². The summed E-state index contributed by atoms with van der Waals surface area (Å²) in [4.78, 5) is 22.6. The maximum atomic E-state index is 11.6. The molecule has 0 bridgehead atoms. The van der Waals surface area contributed by atoms with Gasteiger partial charge < -0.3 is 19.6 Å². The van der Waals surface area contributed by atoms with E-state index >= 15 is 0 Å². The van der Waals surface area contributed by atoms with Gasteiger partial charge in [0.25, 0.3) is 0 Å². The number of methoxy groups -OCH3 is 1. The molecule has 0 radical (unpaired) electrons. The molecule has 0 aliphatic carbocycles. The minimum Gasteiger partial charge on any atom is -0.480 e. The highest BCUT2D eigenvalue weighted by molar-refractivity contribution is 5.83. The second-order valence-corrected chi connectivity index (χ2v) is 4.17. The Morgan fingerprint density at radius 2 is 2.32 bits per heavy atom. The van der Waals surface area contributed by atoms with Crippen molar-refractivity contribution in [1.82, 2.24) is 5.32 Å². The molecule has 0 saturated carbocycles. The minimum atomic E-state index is -1.03. The number of hydrogen-bond acceptors (Lipinski definition) is 4. The Labute approximate surface area is 111 Å². The summed E-state index contributed by atoms with van der Waals surface area (Å²) in [6.07, 6.45) is 3.16. The first-order valence-corrected chi connectivity index (χ1v) is 6.17. The largest absolute Gasteiger partial charge is 0.480 e. The number of nitrogens with one attached hydrogen (secondary N) is 1. The van der Waals surface area contributed by atoms with Crippen LogP contribution in [0.5, 0.6) is 0 Å². The summed E-state index contributed by atoms with van der Waals surface area (Å²) in [5.41, 5.74) is 0. The minimum absolute atomic E-state index is 0.210. The Balaban J connectivity index is 2.32. The van der Waals surface area contributed by atoms with Crippen molar-refractivity contribution >= 4 is 11.9 Å². The van der Waals surface area contributed by atoms with Crippen molar-refractivity contribution in [3.8, 4) is 0 Å². The van der Waals surface area contributed by atoms with Crippen LogP contribution in [0.25, 0.3) is 0 Å². The molecule has 2 N–H and O–H groups in total. The quantitative estimate of drug-likeness (QED) is 0.658. The molecule has 0 aliphatic rings. The van der Waals surface area contributed by atoms with E-state index in [1.807, 2.05) is 0 Å². The van der Waals surface area contributed by atoms with Crippen molar-refractivity contribution < 1.29 is 23.8 Å². The fourth-order valence-corrected chi connectivity index (χ4v) is 1.65. The summed E-state index contributed by atoms with van der Waals surface area (Å²) in [7, 11) is 1.55. The molecule has 0 saturated heterocycles. The lowest BCUT2D eigenvalue weighted by molar-refractivity contribution is -0.142. The van der Waals surface area contributed by atoms with Gasteiger partial charge in [-0.15, -0.1) is 0 Å². The van der Waals surface area contributed by atoms with Gasteiger partial charge in [0.15, 0.2) is 0 Å². The van der Waals surface area contributed by atoms with E-state index in [9.17, 15) is 9.59 Å². The fourth-order valence-electron chi connectivity index (χ4n) is 1.65. The van der Waals surface area contributed by atoms with Gasteiger partial charge in [0, 0.05) is 26.6 Å². The molecule has 19 heavy (non-hydrogen) atoms. The number of carbonyl (C=O) groups is 2. The van der Waals surface area contributed by atoms with Crippen LogP contribution in [0, 0.1) is 0 Å². The second kappa shape index (κ2) is 8.31. The van der Waals surface area contributed by atoms with E-state index in [0.29, 0.717) is 31.6 Å². The molecule has 0 spiro atoms. The van der Waals surface area contributed by atoms with Gasteiger partial charge in [-0.2, -0.15) is 0 Å². The van der Waals surface area contributed by atoms with Gasteiger partial charge in [-0.25, -0.2) is 4.79 Å². The van der Waals surface area contributed by atoms with Crippen molar-refractivity contribution in [2.24, 2.45) is 0 Å². The lowest BCUT2D eigenvalue weighted by Crippen LogP contribution is -2.41. The van der Waals surface area contributed by atoms with Crippen molar-refractivity contribution in [3.05, 3.63) is 24.2 Å². The number of rotatable bonds is 9. The third-order valence-electron chi connectivity index (χ3n) is 2.65. The fraction of sp³-hybridized carbons (Fsp3) is 0.538. The average Bonchev–Trinajstić information content (AvgIpc) is 2.88. The molecule has 6 heteroatoms. The van der Waals surface area contributed by atoms with E-state index in [2.05, 4.69) is 5.32 Å². The molecular formula is C13H19NO5. The highest BCUT2D eigenvalue weighted by Crippen LogP contribution is 2.04. The van der Waals surface area contributed by atoms with Crippen molar-refractivity contribution in [2.45, 2.75) is 31.7 Å². The van der Waals surface area contributed by atoms with Gasteiger partial charge >= 0.3 is 5.97 Å². The molecule has 1 aromatic rings. The van der Waals surface area contributed by atoms with Crippen LogP contribution in [-0.4, -0.2) is 36.7 Å². The molecule has 1 aromatic heterocycles. The van der Waals surface area contributed by atoms with Crippen LogP contribution in [0.15, 0.2) is 22.8 Å². The summed E-state index contributed by atoms with van der Waals surface area (Å²) in [5.74, 6) is -0.606. The summed E-state index contributed by atoms with van der Waals surface area (Å²) < 4.78 is 9.96. The van der Waals surface area contributed by atoms with Crippen LogP contribution in [0.1, 0.15) is 25.0 Å². The summed E-state index contributed by atoms with van der Waals surface area (Å²) >= 11 is 0. The predicted molar refractivity (Wildman–Crippen MR) is 67.7 cm³/mol. The van der Waals surface area contributed by atoms with Crippen LogP contribution < -0.4 is 5.32 Å². The molecule has 1 atom stereocenters. The topological polar surface area (TPSA) is 88.8 Å². The smallest absolute Gasteiger partial charge is 0.326 e. The van der Waals surface area contributed by atoms with Gasteiger partial charge in [0.2, 0.25) is 5.91 Å². The zero-order valence-corrected chi connectivity index (χ0v) is 10.9. The maximum Gasteiger partial charge on any atom is 0.326 e. The van der Waals surface area contributed by atoms with E-state index in [1.54, 1.807) is 19.2 Å². The number of hydrogen-bond donors (Lipinski definition) is 2. The maximum absolute atomic E-state index is 11.6. The Morgan fingerprint density at radius 1 is 1.53 bits per heavy atom. The number of ether oxygens (including phenoxy) is 1. The number of furan rings is 1. The zero-order valence-electron chi connectivity index (χ0n) is 10.9. The Morgan fingerprint density at radius 3 is 2.89 bits per heavy atom. The SMILES string of the molecule is COCCCC(NC(=O)CCc1ccco1)C(=O)O. The lowest BCUT2D eigenvalue weighted by atomic mass is 10.1. The van der Waals surface area contributed by atoms with Gasteiger partial charge in [0.1, 0.15) is 11.8 Å². The number of carboxylic acid groups (broad SMARTS) is 1. The van der Waals surface area contributed by atoms with Crippen molar-refractivity contribution in [3.63, 3.8) is 0 Å². The first kappa shape index (κ1) is 15.2. The van der Waals surface area contributed by atoms with E-state index in [-0.39, 0.29) is 12.3 Å². The number of aryl methyl sites for hydroxylation is 1. The molecular weight excluding hydrogens is 250 g/mol. The molecule has 0 aromatic carbocycles. The van der Waals surface area contributed by atoms with Gasteiger partial charge in [-0.05, 0) is 25.0 Å². The molecule has 1 rings (SSSR count). The molecule has 0 aliphatic heterocycles. The first-order valence-electron chi connectivity index (χ1n) is 6.17. The van der Waals surface area contributed by atoms with Gasteiger partial charge in [-0.3, -0.25) is 4.79 Å². The zero-order chi connectivity index (χ0) is 14.1. The molecule has 1 amide bonds. The number of aliphatic carboxylic acids is 1. The normalized spacial score (nSPS) is 12.1. The lowest BCUT2D eigenvalue weighted by Gasteiger charge is -2.13. The molecule has 6 nitrogen and oxygen atoms in total. The Hall–Kier alpha value is -1.82. The third-order valence-corrected chi connectivity index (χ3v) is 2.65. The highest BCUT2D eigenvalue weighted by atomic mass is 16.5. The molecule has 106 valence electrons. The number of carboxylic acids is 1. The van der Waals surface area contributed by atoms with Crippen LogP contribution in [-0.2, 0) is 20.7 Å². The van der Waals surface area contributed by atoms with Gasteiger partial charge in [0.05, 0.1) is 6.26 Å². The van der Waals surface area contributed by atoms with Crippen molar-refractivity contribution in [2.75, 3.05) is 13.7 Å². The first-order chi connectivity index (χ1) is 9.13. The molecule has 0 fully saturated rings. The van der Waals surface area contributed by atoms with Crippen LogP contribution in [0.4, 0.5) is 0 Å². The number of amides is 1. The second-order valence-electron chi connectivity index (χ2n) is 4.17. The third kappa shape index (κ3) is 6.05. The summed E-state index contributed by atoms with van der Waals surface area (Å²) in [6, 6.07) is 2.66. The summed E-state index contributed by atoms with van der Waals surface area (Å²) in [5, 5.41) is 11.5. The van der Waals surface area contributed by atoms with E-state index < -0.39 is 12.0 Å². The van der Waals surface area contributed by atoms with E-state index in [4.69, 9.17) is 14.3 Å². The Bertz CT molecular complexity index is 388. The van der Waals surface area contributed by atoms with E-state index in [1.165, 1.54) is 6.26 Å². The average molecular weight is 269 g/mol. The van der Waals surface area contributed by atoms with Crippen LogP contribution in [0.2, 0.25) is 0 Å². The standard InChI is InChI=1S/C13H19NO5/c1-18-8-3-5-11(13(16)17)14-12(15)7-6-10-4-2-9-19-10/h2,4,9,11H,3,5-8H2,1H3,(H,14,15)(H,16,17). The highest BCUT2D eigenvalue weighted by Gasteiger charge is 2.19. The van der Waals surface area contributed by atoms with Crippen LogP contribution >= 0.6 is 0 Å². The van der Waals surface area contributed by atoms with Crippen molar-refractivity contribution in [1.29, 1.82) is 0 Å². The number of carbonyl (C=O) groups excluding carboxylic acids is 1. The van der Waals surface area contributed by atoms with Gasteiger partial charge in [-0.1, -0.05) is 0 Å². The molecule has 1 unspecified atom stereocenters. The Kier molecular flexibility index (Phi) is 6.67. The monoisotopic (exact) mass is 269 g/mol. The summed E-state index contributed by atoms with van der Waals surface area (Å²) in [6.45, 7) is 0.478. The van der Waals surface area contributed by atoms with Crippen LogP contribution in [0.3, 0.4) is 0 Å². The predicted octanol–water partition coefficient (Wildman–Crippen LogP) is 1.21. The molecule has 1 heterocycles.